The Morgan fingerprint density at radius 3 is 1.89 bits per heavy atom. The Morgan fingerprint density at radius 1 is 0.811 bits per heavy atom. The van der Waals surface area contributed by atoms with Crippen molar-refractivity contribution < 1.29 is 42.9 Å². The van der Waals surface area contributed by atoms with Crippen molar-refractivity contribution in [1.82, 2.24) is 4.90 Å². The van der Waals surface area contributed by atoms with Gasteiger partial charge >= 0.3 is 17.9 Å². The van der Waals surface area contributed by atoms with Gasteiger partial charge in [0, 0.05) is 25.7 Å². The van der Waals surface area contributed by atoms with Crippen molar-refractivity contribution in [2.75, 3.05) is 6.61 Å². The Morgan fingerprint density at radius 2 is 1.35 bits per heavy atom. The van der Waals surface area contributed by atoms with Gasteiger partial charge in [-0.1, -0.05) is 42.1 Å². The summed E-state index contributed by atoms with van der Waals surface area (Å²) in [7, 11) is 0. The average Bonchev–Trinajstić information content (AvgIpc) is 3.10. The highest BCUT2D eigenvalue weighted by Crippen LogP contribution is 2.40. The molecule has 5 atom stereocenters. The molecule has 0 bridgehead atoms. The van der Waals surface area contributed by atoms with E-state index < -0.39 is 59.5 Å². The first kappa shape index (κ1) is 26.4. The summed E-state index contributed by atoms with van der Waals surface area (Å²) in [5, 5.41) is 0. The van der Waals surface area contributed by atoms with Gasteiger partial charge in [0.2, 0.25) is 0 Å². The molecule has 0 radical (unpaired) electrons. The molecule has 10 nitrogen and oxygen atoms in total. The Hall–Kier alpha value is -3.70. The van der Waals surface area contributed by atoms with Crippen molar-refractivity contribution in [3.05, 3.63) is 65.7 Å². The number of hydrogen-bond acceptors (Lipinski definition) is 10. The molecule has 37 heavy (non-hydrogen) atoms. The fourth-order valence-corrected chi connectivity index (χ4v) is 5.56. The number of carbonyl (C=O) groups is 5. The average molecular weight is 528 g/mol. The minimum atomic E-state index is -1.31. The maximum atomic E-state index is 13.5. The van der Waals surface area contributed by atoms with Crippen molar-refractivity contribution in [3.63, 3.8) is 0 Å². The van der Waals surface area contributed by atoms with Crippen molar-refractivity contribution >= 4 is 41.5 Å². The molecule has 2 aromatic carbocycles. The molecule has 11 heteroatoms. The molecule has 4 rings (SSSR count). The third-order valence-electron chi connectivity index (χ3n) is 5.79. The first-order valence-electron chi connectivity index (χ1n) is 11.5. The molecule has 1 fully saturated rings. The minimum Gasteiger partial charge on any atom is -0.463 e. The summed E-state index contributed by atoms with van der Waals surface area (Å²) in [4.78, 5) is 64.6. The lowest BCUT2D eigenvalue weighted by atomic mass is 9.96. The number of hydrogen-bond donors (Lipinski definition) is 0. The number of esters is 3. The van der Waals surface area contributed by atoms with Crippen molar-refractivity contribution in [2.24, 2.45) is 0 Å². The first-order chi connectivity index (χ1) is 17.7. The number of amides is 2. The normalized spacial score (nSPS) is 24.8. The Bertz CT molecular complexity index is 1180. The third kappa shape index (κ3) is 5.67. The van der Waals surface area contributed by atoms with Crippen LogP contribution in [0.15, 0.2) is 59.5 Å². The van der Waals surface area contributed by atoms with Gasteiger partial charge in [-0.05, 0) is 24.3 Å². The number of thioether (sulfide) groups is 1. The quantitative estimate of drug-likeness (QED) is 0.301. The number of nitrogens with zero attached hydrogens (tertiary/aromatic N) is 1. The van der Waals surface area contributed by atoms with Crippen molar-refractivity contribution in [2.45, 2.75) is 55.5 Å². The summed E-state index contributed by atoms with van der Waals surface area (Å²) in [6, 6.07) is 14.2. The van der Waals surface area contributed by atoms with Crippen LogP contribution in [0, 0.1) is 0 Å². The maximum absolute atomic E-state index is 13.5. The van der Waals surface area contributed by atoms with Crippen LogP contribution < -0.4 is 0 Å². The van der Waals surface area contributed by atoms with Crippen LogP contribution in [0.3, 0.4) is 0 Å². The second-order valence-electron chi connectivity index (χ2n) is 8.44. The molecular formula is C26H25NO9S. The molecule has 2 aliphatic heterocycles. The molecular weight excluding hydrogens is 502 g/mol. The second-order valence-corrected chi connectivity index (χ2v) is 9.61. The van der Waals surface area contributed by atoms with Gasteiger partial charge in [-0.2, -0.15) is 0 Å². The SMILES string of the molecule is CC(=O)OC[C@@H]1O[C@H](Sc2ccccc2)[C@H](N2C(=O)c3ccccc3C2=O)[C@@H](OC(C)=O)[C@@H]1OC(C)=O. The van der Waals surface area contributed by atoms with Gasteiger partial charge in [0.15, 0.2) is 12.2 Å². The standard InChI is InChI=1S/C26H25NO9S/c1-14(28)33-13-20-22(34-15(2)29)23(35-16(3)30)21(26(36-20)37-17-9-5-4-6-10-17)27-24(31)18-11-7-8-12-19(18)25(27)32/h4-12,20-23,26H,13H2,1-3H3/t20-,21+,22+,23+,26+/m0/s1. The monoisotopic (exact) mass is 527 g/mol. The van der Waals surface area contributed by atoms with Gasteiger partial charge in [-0.15, -0.1) is 0 Å². The molecule has 2 heterocycles. The van der Waals surface area contributed by atoms with E-state index in [-0.39, 0.29) is 17.7 Å². The molecule has 0 spiro atoms. The van der Waals surface area contributed by atoms with Crippen LogP contribution in [0.25, 0.3) is 0 Å². The number of rotatable bonds is 7. The zero-order chi connectivity index (χ0) is 26.7. The topological polar surface area (TPSA) is 126 Å². The number of imide groups is 1. The summed E-state index contributed by atoms with van der Waals surface area (Å²) in [5.41, 5.74) is -0.575. The van der Waals surface area contributed by atoms with Gasteiger partial charge in [0.1, 0.15) is 24.2 Å². The number of benzene rings is 2. The summed E-state index contributed by atoms with van der Waals surface area (Å²) in [6.45, 7) is 3.23. The van der Waals surface area contributed by atoms with Crippen LogP contribution in [0.5, 0.6) is 0 Å². The zero-order valence-corrected chi connectivity index (χ0v) is 21.1. The largest absolute Gasteiger partial charge is 0.463 e. The lowest BCUT2D eigenvalue weighted by Gasteiger charge is -2.47. The molecule has 2 amide bonds. The van der Waals surface area contributed by atoms with E-state index in [1.54, 1.807) is 12.1 Å². The van der Waals surface area contributed by atoms with E-state index in [0.29, 0.717) is 0 Å². The fraction of sp³-hybridized carbons (Fsp3) is 0.346. The smallest absolute Gasteiger partial charge is 0.303 e. The minimum absolute atomic E-state index is 0.198. The molecule has 194 valence electrons. The first-order valence-corrected chi connectivity index (χ1v) is 12.4. The van der Waals surface area contributed by atoms with E-state index in [1.807, 2.05) is 30.3 Å². The summed E-state index contributed by atoms with van der Waals surface area (Å²) < 4.78 is 22.5. The Kier molecular flexibility index (Phi) is 7.94. The van der Waals surface area contributed by atoms with Crippen LogP contribution in [-0.4, -0.2) is 71.0 Å². The molecule has 0 saturated carbocycles. The van der Waals surface area contributed by atoms with E-state index in [0.717, 1.165) is 16.7 Å². The molecule has 2 aromatic rings. The summed E-state index contributed by atoms with van der Waals surface area (Å²) in [6.07, 6.45) is -3.63. The lowest BCUT2D eigenvalue weighted by Crippen LogP contribution is -2.66. The van der Waals surface area contributed by atoms with Gasteiger partial charge in [0.05, 0.1) is 11.1 Å². The predicted molar refractivity (Wildman–Crippen MR) is 129 cm³/mol. The lowest BCUT2D eigenvalue weighted by molar-refractivity contribution is -0.216. The Labute approximate surface area is 217 Å². The molecule has 1 saturated heterocycles. The van der Waals surface area contributed by atoms with E-state index >= 15 is 0 Å². The van der Waals surface area contributed by atoms with Crippen LogP contribution in [0.2, 0.25) is 0 Å². The van der Waals surface area contributed by atoms with Crippen LogP contribution >= 0.6 is 11.8 Å². The van der Waals surface area contributed by atoms with Crippen molar-refractivity contribution in [1.29, 1.82) is 0 Å². The molecule has 0 aromatic heterocycles. The highest BCUT2D eigenvalue weighted by atomic mass is 32.2. The number of carbonyl (C=O) groups excluding carboxylic acids is 5. The van der Waals surface area contributed by atoms with Crippen molar-refractivity contribution in [3.8, 4) is 0 Å². The van der Waals surface area contributed by atoms with Gasteiger partial charge in [0.25, 0.3) is 11.8 Å². The maximum Gasteiger partial charge on any atom is 0.303 e. The molecule has 0 aliphatic carbocycles. The Balaban J connectivity index is 1.81. The zero-order valence-electron chi connectivity index (χ0n) is 20.3. The van der Waals surface area contributed by atoms with E-state index in [1.165, 1.54) is 37.7 Å². The molecule has 2 aliphatic rings. The molecule has 0 N–H and O–H groups in total. The van der Waals surface area contributed by atoms with Crippen LogP contribution in [0.1, 0.15) is 41.5 Å². The molecule has 0 unspecified atom stereocenters. The third-order valence-corrected chi connectivity index (χ3v) is 6.96. The summed E-state index contributed by atoms with van der Waals surface area (Å²) >= 11 is 1.19. The fourth-order valence-electron chi connectivity index (χ4n) is 4.37. The second kappa shape index (κ2) is 11.1. The van der Waals surface area contributed by atoms with Gasteiger partial charge < -0.3 is 18.9 Å². The highest BCUT2D eigenvalue weighted by Gasteiger charge is 2.56. The highest BCUT2D eigenvalue weighted by molar-refractivity contribution is 7.99. The van der Waals surface area contributed by atoms with Crippen LogP contribution in [-0.2, 0) is 33.3 Å². The number of ether oxygens (including phenoxy) is 4. The van der Waals surface area contributed by atoms with E-state index in [2.05, 4.69) is 0 Å². The van der Waals surface area contributed by atoms with Gasteiger partial charge in [-0.25, -0.2) is 0 Å². The van der Waals surface area contributed by atoms with E-state index in [9.17, 15) is 24.0 Å². The predicted octanol–water partition coefficient (Wildman–Crippen LogP) is 2.59. The van der Waals surface area contributed by atoms with E-state index in [4.69, 9.17) is 18.9 Å². The van der Waals surface area contributed by atoms with Crippen LogP contribution in [0.4, 0.5) is 0 Å². The number of fused-ring (bicyclic) bond motifs is 1. The summed E-state index contributed by atoms with van der Waals surface area (Å²) in [5.74, 6) is -3.21. The van der Waals surface area contributed by atoms with Gasteiger partial charge in [-0.3, -0.25) is 28.9 Å².